The van der Waals surface area contributed by atoms with Gasteiger partial charge in [-0.2, -0.15) is 0 Å². The molecular weight excluding hydrogens is 214 g/mol. The molecule has 88 valence electrons. The summed E-state index contributed by atoms with van der Waals surface area (Å²) in [6.07, 6.45) is 4.12. The van der Waals surface area contributed by atoms with Crippen molar-refractivity contribution in [2.24, 2.45) is 0 Å². The van der Waals surface area contributed by atoms with Gasteiger partial charge >= 0.3 is 0 Å². The summed E-state index contributed by atoms with van der Waals surface area (Å²) in [5, 5.41) is 2.82. The molecule has 4 nitrogen and oxygen atoms in total. The minimum absolute atomic E-state index is 0.0348. The quantitative estimate of drug-likeness (QED) is 0.870. The number of amides is 1. The van der Waals surface area contributed by atoms with E-state index in [1.165, 1.54) is 0 Å². The number of carbonyl (C=O) groups excluding carboxylic acids is 1. The first-order chi connectivity index (χ1) is 8.31. The van der Waals surface area contributed by atoms with Crippen molar-refractivity contribution in [2.75, 3.05) is 0 Å². The molecule has 0 unspecified atom stereocenters. The standard InChI is InChI=1S/C13H15N3O/c1-2-13(17)15-10-12-14-8-9-16(12)11-6-4-3-5-7-11/h3-9H,2,10H2,1H3,(H,15,17). The Labute approximate surface area is 100 Å². The first-order valence-electron chi connectivity index (χ1n) is 5.65. The molecule has 1 aromatic carbocycles. The molecule has 1 amide bonds. The summed E-state index contributed by atoms with van der Waals surface area (Å²) in [5.41, 5.74) is 1.05. The van der Waals surface area contributed by atoms with E-state index in [2.05, 4.69) is 10.3 Å². The lowest BCUT2D eigenvalue weighted by Gasteiger charge is -2.08. The van der Waals surface area contributed by atoms with Crippen molar-refractivity contribution in [1.29, 1.82) is 0 Å². The Morgan fingerprint density at radius 1 is 1.35 bits per heavy atom. The highest BCUT2D eigenvalue weighted by molar-refractivity contribution is 5.75. The fourth-order valence-electron chi connectivity index (χ4n) is 1.59. The van der Waals surface area contributed by atoms with E-state index in [1.807, 2.05) is 48.0 Å². The van der Waals surface area contributed by atoms with Gasteiger partial charge in [0.1, 0.15) is 5.82 Å². The zero-order chi connectivity index (χ0) is 12.1. The summed E-state index contributed by atoms with van der Waals surface area (Å²) in [5.74, 6) is 0.866. The van der Waals surface area contributed by atoms with E-state index >= 15 is 0 Å². The summed E-state index contributed by atoms with van der Waals surface area (Å²) in [6.45, 7) is 2.29. The molecule has 1 heterocycles. The van der Waals surface area contributed by atoms with Gasteiger partial charge in [-0.3, -0.25) is 4.79 Å². The lowest BCUT2D eigenvalue weighted by atomic mass is 10.3. The van der Waals surface area contributed by atoms with Gasteiger partial charge in [0.05, 0.1) is 6.54 Å². The van der Waals surface area contributed by atoms with Crippen LogP contribution in [0.25, 0.3) is 5.69 Å². The van der Waals surface area contributed by atoms with Crippen LogP contribution in [0.5, 0.6) is 0 Å². The van der Waals surface area contributed by atoms with Gasteiger partial charge < -0.3 is 9.88 Å². The van der Waals surface area contributed by atoms with Crippen molar-refractivity contribution in [3.63, 3.8) is 0 Å². The first kappa shape index (κ1) is 11.4. The van der Waals surface area contributed by atoms with Crippen molar-refractivity contribution in [3.05, 3.63) is 48.5 Å². The van der Waals surface area contributed by atoms with E-state index in [0.29, 0.717) is 13.0 Å². The topological polar surface area (TPSA) is 46.9 Å². The number of para-hydroxylation sites is 1. The maximum atomic E-state index is 11.2. The van der Waals surface area contributed by atoms with Gasteiger partial charge in [-0.1, -0.05) is 25.1 Å². The minimum atomic E-state index is 0.0348. The molecule has 1 N–H and O–H groups in total. The van der Waals surface area contributed by atoms with E-state index in [4.69, 9.17) is 0 Å². The maximum Gasteiger partial charge on any atom is 0.220 e. The fraction of sp³-hybridized carbons (Fsp3) is 0.231. The molecular formula is C13H15N3O. The van der Waals surface area contributed by atoms with Crippen molar-refractivity contribution in [1.82, 2.24) is 14.9 Å². The maximum absolute atomic E-state index is 11.2. The van der Waals surface area contributed by atoms with Gasteiger partial charge in [0.2, 0.25) is 5.91 Å². The van der Waals surface area contributed by atoms with Crippen LogP contribution in [0, 0.1) is 0 Å². The van der Waals surface area contributed by atoms with Crippen LogP contribution in [0.1, 0.15) is 19.2 Å². The molecule has 0 aliphatic rings. The van der Waals surface area contributed by atoms with Gasteiger partial charge in [-0.05, 0) is 12.1 Å². The van der Waals surface area contributed by atoms with Crippen LogP contribution >= 0.6 is 0 Å². The molecule has 0 atom stereocenters. The van der Waals surface area contributed by atoms with Gasteiger partial charge in [-0.25, -0.2) is 4.98 Å². The normalized spacial score (nSPS) is 10.2. The highest BCUT2D eigenvalue weighted by Crippen LogP contribution is 2.09. The van der Waals surface area contributed by atoms with Crippen LogP contribution in [0.3, 0.4) is 0 Å². The van der Waals surface area contributed by atoms with Gasteiger partial charge in [0.15, 0.2) is 0 Å². The highest BCUT2D eigenvalue weighted by atomic mass is 16.1. The predicted molar refractivity (Wildman–Crippen MR) is 65.7 cm³/mol. The summed E-state index contributed by atoms with van der Waals surface area (Å²) in [6, 6.07) is 9.94. The molecule has 0 aliphatic heterocycles. The first-order valence-corrected chi connectivity index (χ1v) is 5.65. The van der Waals surface area contributed by atoms with Crippen molar-refractivity contribution >= 4 is 5.91 Å². The molecule has 17 heavy (non-hydrogen) atoms. The van der Waals surface area contributed by atoms with Crippen LogP contribution in [0.2, 0.25) is 0 Å². The molecule has 0 spiro atoms. The third kappa shape index (κ3) is 2.72. The number of rotatable bonds is 4. The number of hydrogen-bond acceptors (Lipinski definition) is 2. The van der Waals surface area contributed by atoms with Crippen LogP contribution in [0.15, 0.2) is 42.7 Å². The Hall–Kier alpha value is -2.10. The molecule has 1 aromatic heterocycles. The monoisotopic (exact) mass is 229 g/mol. The molecule has 2 rings (SSSR count). The second kappa shape index (κ2) is 5.30. The number of hydrogen-bond donors (Lipinski definition) is 1. The third-order valence-corrected chi connectivity index (χ3v) is 2.52. The summed E-state index contributed by atoms with van der Waals surface area (Å²) in [4.78, 5) is 15.5. The molecule has 4 heteroatoms. The molecule has 0 radical (unpaired) electrons. The molecule has 0 fully saturated rings. The van der Waals surface area contributed by atoms with Gasteiger partial charge in [-0.15, -0.1) is 0 Å². The fourth-order valence-corrected chi connectivity index (χ4v) is 1.59. The van der Waals surface area contributed by atoms with Gasteiger partial charge in [0, 0.05) is 24.5 Å². The number of nitrogens with one attached hydrogen (secondary N) is 1. The SMILES string of the molecule is CCC(=O)NCc1nccn1-c1ccccc1. The van der Waals surface area contributed by atoms with E-state index in [9.17, 15) is 4.79 Å². The number of benzene rings is 1. The Balaban J connectivity index is 2.15. The van der Waals surface area contributed by atoms with E-state index in [0.717, 1.165) is 11.5 Å². The zero-order valence-electron chi connectivity index (χ0n) is 9.76. The number of imidazole rings is 1. The average molecular weight is 229 g/mol. The number of aromatic nitrogens is 2. The second-order valence-electron chi connectivity index (χ2n) is 3.68. The summed E-state index contributed by atoms with van der Waals surface area (Å²) >= 11 is 0. The molecule has 0 aliphatic carbocycles. The number of carbonyl (C=O) groups is 1. The van der Waals surface area contributed by atoms with Crippen molar-refractivity contribution in [2.45, 2.75) is 19.9 Å². The Morgan fingerprint density at radius 3 is 2.82 bits per heavy atom. The molecule has 0 bridgehead atoms. The van der Waals surface area contributed by atoms with Crippen LogP contribution < -0.4 is 5.32 Å². The molecule has 0 saturated carbocycles. The van der Waals surface area contributed by atoms with Crippen LogP contribution in [-0.2, 0) is 11.3 Å². The van der Waals surface area contributed by atoms with E-state index < -0.39 is 0 Å². The second-order valence-corrected chi connectivity index (χ2v) is 3.68. The summed E-state index contributed by atoms with van der Waals surface area (Å²) in [7, 11) is 0. The molecule has 0 saturated heterocycles. The molecule has 2 aromatic rings. The van der Waals surface area contributed by atoms with E-state index in [-0.39, 0.29) is 5.91 Å². The Morgan fingerprint density at radius 2 is 2.12 bits per heavy atom. The van der Waals surface area contributed by atoms with Gasteiger partial charge in [0.25, 0.3) is 0 Å². The van der Waals surface area contributed by atoms with Crippen LogP contribution in [-0.4, -0.2) is 15.5 Å². The average Bonchev–Trinajstić information content (AvgIpc) is 2.85. The Kier molecular flexibility index (Phi) is 3.55. The van der Waals surface area contributed by atoms with E-state index in [1.54, 1.807) is 6.20 Å². The summed E-state index contributed by atoms with van der Waals surface area (Å²) < 4.78 is 1.97. The largest absolute Gasteiger partial charge is 0.349 e. The lowest BCUT2D eigenvalue weighted by Crippen LogP contribution is -2.23. The smallest absolute Gasteiger partial charge is 0.220 e. The highest BCUT2D eigenvalue weighted by Gasteiger charge is 2.05. The predicted octanol–water partition coefficient (Wildman–Crippen LogP) is 1.90. The minimum Gasteiger partial charge on any atom is -0.349 e. The van der Waals surface area contributed by atoms with Crippen LogP contribution in [0.4, 0.5) is 0 Å². The lowest BCUT2D eigenvalue weighted by molar-refractivity contribution is -0.120. The zero-order valence-corrected chi connectivity index (χ0v) is 9.76. The Bertz CT molecular complexity index is 490. The van der Waals surface area contributed by atoms with Crippen molar-refractivity contribution < 1.29 is 4.79 Å². The number of nitrogens with zero attached hydrogens (tertiary/aromatic N) is 2. The third-order valence-electron chi connectivity index (χ3n) is 2.52. The van der Waals surface area contributed by atoms with Crippen molar-refractivity contribution in [3.8, 4) is 5.69 Å².